The van der Waals surface area contributed by atoms with Gasteiger partial charge in [0.15, 0.2) is 0 Å². The van der Waals surface area contributed by atoms with Gasteiger partial charge in [0.1, 0.15) is 12.1 Å². The first kappa shape index (κ1) is 23.0. The van der Waals surface area contributed by atoms with Crippen molar-refractivity contribution in [3.8, 4) is 0 Å². The fraction of sp³-hybridized carbons (Fsp3) is 0.640. The molecule has 2 aliphatic carbocycles. The van der Waals surface area contributed by atoms with Gasteiger partial charge in [-0.1, -0.05) is 26.0 Å². The number of aliphatic hydroxyl groups is 1. The Morgan fingerprint density at radius 1 is 1.24 bits per heavy atom. The van der Waals surface area contributed by atoms with E-state index in [1.807, 2.05) is 39.2 Å². The number of fused-ring (bicyclic) bond motifs is 1. The van der Waals surface area contributed by atoms with Gasteiger partial charge in [0.25, 0.3) is 0 Å². The van der Waals surface area contributed by atoms with Crippen molar-refractivity contribution in [1.29, 1.82) is 0 Å². The molecule has 0 aromatic carbocycles. The number of pyridine rings is 1. The summed E-state index contributed by atoms with van der Waals surface area (Å²) in [6.07, 6.45) is 9.97. The molecule has 9 heteroatoms. The largest absolute Gasteiger partial charge is 0.391 e. The molecule has 0 bridgehead atoms. The van der Waals surface area contributed by atoms with Gasteiger partial charge in [0, 0.05) is 37.5 Å². The number of carbonyl (C=O) groups excluding carboxylic acids is 2. The Kier molecular flexibility index (Phi) is 5.91. The van der Waals surface area contributed by atoms with Crippen LogP contribution in [0, 0.1) is 5.41 Å². The Hall–Kier alpha value is -2.81. The van der Waals surface area contributed by atoms with E-state index in [4.69, 9.17) is 0 Å². The van der Waals surface area contributed by atoms with Gasteiger partial charge in [-0.2, -0.15) is 0 Å². The van der Waals surface area contributed by atoms with Crippen LogP contribution in [0.3, 0.4) is 0 Å². The molecule has 3 unspecified atom stereocenters. The smallest absolute Gasteiger partial charge is 0.248 e. The number of aryl methyl sites for hydroxylation is 1. The Morgan fingerprint density at radius 2 is 2.03 bits per heavy atom. The normalized spacial score (nSPS) is 25.6. The highest BCUT2D eigenvalue weighted by molar-refractivity contribution is 5.90. The minimum atomic E-state index is -0.735. The third kappa shape index (κ3) is 4.45. The van der Waals surface area contributed by atoms with Crippen molar-refractivity contribution in [2.45, 2.75) is 89.4 Å². The van der Waals surface area contributed by atoms with E-state index in [0.29, 0.717) is 5.92 Å². The summed E-state index contributed by atoms with van der Waals surface area (Å²) in [7, 11) is 0. The van der Waals surface area contributed by atoms with Gasteiger partial charge in [-0.25, -0.2) is 4.68 Å². The summed E-state index contributed by atoms with van der Waals surface area (Å²) < 4.78 is 1.65. The Balaban J connectivity index is 1.37. The van der Waals surface area contributed by atoms with Crippen molar-refractivity contribution < 1.29 is 14.7 Å². The van der Waals surface area contributed by atoms with Gasteiger partial charge >= 0.3 is 0 Å². The van der Waals surface area contributed by atoms with Crippen molar-refractivity contribution in [3.63, 3.8) is 0 Å². The van der Waals surface area contributed by atoms with Crippen LogP contribution in [-0.2, 0) is 16.0 Å². The molecule has 2 aromatic heterocycles. The van der Waals surface area contributed by atoms with E-state index in [2.05, 4.69) is 20.6 Å². The van der Waals surface area contributed by atoms with Crippen LogP contribution in [0.15, 0.2) is 24.7 Å². The zero-order chi connectivity index (χ0) is 24.0. The topological polar surface area (TPSA) is 113 Å². The fourth-order valence-electron chi connectivity index (χ4n) is 5.38. The summed E-state index contributed by atoms with van der Waals surface area (Å²) in [4.78, 5) is 33.1. The van der Waals surface area contributed by atoms with Gasteiger partial charge in [-0.15, -0.1) is 5.10 Å². The maximum Gasteiger partial charge on any atom is 0.248 e. The number of β-amino-alcohol motifs (C(OH)–C–C–N with tert-alkyl or cyclic N) is 1. The minimum absolute atomic E-state index is 0.108. The summed E-state index contributed by atoms with van der Waals surface area (Å²) in [5.41, 5.74) is 2.72. The first-order valence-corrected chi connectivity index (χ1v) is 12.4. The molecular weight excluding hydrogens is 432 g/mol. The van der Waals surface area contributed by atoms with Crippen LogP contribution in [0.2, 0.25) is 0 Å². The average molecular weight is 467 g/mol. The molecule has 2 N–H and O–H groups in total. The Morgan fingerprint density at radius 3 is 2.76 bits per heavy atom. The van der Waals surface area contributed by atoms with E-state index in [0.717, 1.165) is 48.9 Å². The molecule has 34 heavy (non-hydrogen) atoms. The first-order chi connectivity index (χ1) is 16.2. The van der Waals surface area contributed by atoms with Crippen LogP contribution in [0.25, 0.3) is 0 Å². The van der Waals surface area contributed by atoms with Crippen LogP contribution < -0.4 is 5.32 Å². The molecular formula is C25H34N6O3. The zero-order valence-corrected chi connectivity index (χ0v) is 20.1. The Bertz CT molecular complexity index is 1070. The molecule has 1 aliphatic heterocycles. The number of nitrogens with one attached hydrogen (secondary N) is 1. The summed E-state index contributed by atoms with van der Waals surface area (Å²) in [6.45, 7) is 6.10. The molecule has 3 aliphatic rings. The number of nitrogens with zero attached hydrogens (tertiary/aromatic N) is 5. The number of aliphatic hydroxyl groups excluding tert-OH is 1. The van der Waals surface area contributed by atoms with Crippen LogP contribution >= 0.6 is 0 Å². The highest BCUT2D eigenvalue weighted by Gasteiger charge is 2.46. The number of hydrogen-bond donors (Lipinski definition) is 2. The summed E-state index contributed by atoms with van der Waals surface area (Å²) in [5, 5.41) is 22.2. The number of aromatic nitrogens is 4. The summed E-state index contributed by atoms with van der Waals surface area (Å²) >= 11 is 0. The van der Waals surface area contributed by atoms with Crippen molar-refractivity contribution in [2.75, 3.05) is 6.54 Å². The molecule has 4 atom stereocenters. The lowest BCUT2D eigenvalue weighted by Gasteiger charge is -2.35. The number of likely N-dealkylation sites (tertiary alicyclic amines) is 1. The van der Waals surface area contributed by atoms with E-state index >= 15 is 0 Å². The van der Waals surface area contributed by atoms with E-state index in [9.17, 15) is 14.7 Å². The van der Waals surface area contributed by atoms with E-state index in [-0.39, 0.29) is 30.8 Å². The van der Waals surface area contributed by atoms with Gasteiger partial charge < -0.3 is 15.3 Å². The van der Waals surface area contributed by atoms with Crippen molar-refractivity contribution >= 4 is 11.8 Å². The molecule has 182 valence electrons. The second-order valence-corrected chi connectivity index (χ2v) is 11.1. The number of amides is 2. The predicted molar refractivity (Wildman–Crippen MR) is 125 cm³/mol. The van der Waals surface area contributed by atoms with E-state index in [1.54, 1.807) is 15.8 Å². The minimum Gasteiger partial charge on any atom is -0.391 e. The van der Waals surface area contributed by atoms with Crippen LogP contribution in [0.4, 0.5) is 0 Å². The Labute approximate surface area is 199 Å². The molecule has 9 nitrogen and oxygen atoms in total. The molecule has 3 heterocycles. The average Bonchev–Trinajstić information content (AvgIpc) is 3.40. The second kappa shape index (κ2) is 8.76. The highest BCUT2D eigenvalue weighted by Crippen LogP contribution is 2.40. The molecule has 0 radical (unpaired) electrons. The van der Waals surface area contributed by atoms with Gasteiger partial charge in [-0.05, 0) is 54.7 Å². The predicted octanol–water partition coefficient (Wildman–Crippen LogP) is 2.29. The van der Waals surface area contributed by atoms with E-state index < -0.39 is 23.6 Å². The van der Waals surface area contributed by atoms with Crippen molar-refractivity contribution in [3.05, 3.63) is 41.5 Å². The fourth-order valence-corrected chi connectivity index (χ4v) is 5.38. The maximum atomic E-state index is 13.9. The molecule has 5 rings (SSSR count). The van der Waals surface area contributed by atoms with Crippen molar-refractivity contribution in [2.24, 2.45) is 5.41 Å². The van der Waals surface area contributed by atoms with Gasteiger partial charge in [-0.3, -0.25) is 14.6 Å². The standard InChI is InChI=1S/C25H34N6O3/c1-25(2,3)22(31-14-20(28-29-31)15-7-8-15)24(34)30-13-17(32)11-21(30)23(33)27-19-6-4-5-16-12-26-10-9-18(16)19/h9-10,12,14-15,17,19,21-22,32H,4-8,11,13H2,1-3H3,(H,27,33)/t17?,19?,21?,22-/m0/s1. The number of rotatable bonds is 5. The second-order valence-electron chi connectivity index (χ2n) is 11.1. The zero-order valence-electron chi connectivity index (χ0n) is 20.1. The maximum absolute atomic E-state index is 13.9. The van der Waals surface area contributed by atoms with Crippen molar-refractivity contribution in [1.82, 2.24) is 30.2 Å². The van der Waals surface area contributed by atoms with Gasteiger partial charge in [0.05, 0.1) is 17.8 Å². The van der Waals surface area contributed by atoms with Crippen LogP contribution in [-0.4, -0.2) is 60.5 Å². The number of hydrogen-bond acceptors (Lipinski definition) is 6. The van der Waals surface area contributed by atoms with Crippen LogP contribution in [0.5, 0.6) is 0 Å². The monoisotopic (exact) mass is 466 g/mol. The highest BCUT2D eigenvalue weighted by atomic mass is 16.3. The summed E-state index contributed by atoms with van der Waals surface area (Å²) in [5.74, 6) is 0.0133. The summed E-state index contributed by atoms with van der Waals surface area (Å²) in [6, 6.07) is 0.522. The molecule has 2 aromatic rings. The molecule has 2 amide bonds. The molecule has 1 saturated heterocycles. The third-order valence-electron chi connectivity index (χ3n) is 7.28. The first-order valence-electron chi connectivity index (χ1n) is 12.4. The lowest BCUT2D eigenvalue weighted by molar-refractivity contribution is -0.144. The molecule has 0 spiro atoms. The lowest BCUT2D eigenvalue weighted by atomic mass is 9.85. The quantitative estimate of drug-likeness (QED) is 0.699. The van der Waals surface area contributed by atoms with E-state index in [1.165, 1.54) is 0 Å². The van der Waals surface area contributed by atoms with Gasteiger partial charge in [0.2, 0.25) is 11.8 Å². The SMILES string of the molecule is CC(C)(C)[C@H](C(=O)N1CC(O)CC1C(=O)NC1CCCc2cnccc21)n1cc(C2CC2)nn1. The third-order valence-corrected chi connectivity index (χ3v) is 7.28. The molecule has 1 saturated carbocycles. The van der Waals surface area contributed by atoms with Crippen LogP contribution in [0.1, 0.15) is 87.7 Å². The number of carbonyl (C=O) groups is 2. The lowest BCUT2D eigenvalue weighted by Crippen LogP contribution is -2.51. The molecule has 2 fully saturated rings.